The second-order valence-corrected chi connectivity index (χ2v) is 8.55. The number of nitrogens with one attached hydrogen (secondary N) is 1. The Balaban J connectivity index is 1.56. The zero-order chi connectivity index (χ0) is 20.5. The summed E-state index contributed by atoms with van der Waals surface area (Å²) in [6.45, 7) is 6.36. The number of hydrogen-bond acceptors (Lipinski definition) is 4. The minimum Gasteiger partial charge on any atom is -0.489 e. The molecule has 0 saturated heterocycles. The highest BCUT2D eigenvalue weighted by atomic mass is 32.2. The Kier molecular flexibility index (Phi) is 5.32. The van der Waals surface area contributed by atoms with Gasteiger partial charge < -0.3 is 4.74 Å². The number of nitrogens with zero attached hydrogens (tertiary/aromatic N) is 2. The molecule has 1 aromatic heterocycles. The van der Waals surface area contributed by atoms with Gasteiger partial charge in [0.1, 0.15) is 18.2 Å². The van der Waals surface area contributed by atoms with Crippen molar-refractivity contribution < 1.29 is 9.13 Å². The molecule has 0 unspecified atom stereocenters. The number of thioether (sulfide) groups is 1. The zero-order valence-electron chi connectivity index (χ0n) is 16.5. The highest BCUT2D eigenvalue weighted by Crippen LogP contribution is 2.44. The fourth-order valence-corrected chi connectivity index (χ4v) is 4.41. The lowest BCUT2D eigenvalue weighted by molar-refractivity contribution is 0.306. The monoisotopic (exact) mass is 411 g/mol. The summed E-state index contributed by atoms with van der Waals surface area (Å²) in [6, 6.07) is 14.1. The van der Waals surface area contributed by atoms with Gasteiger partial charge in [0, 0.05) is 6.04 Å². The summed E-state index contributed by atoms with van der Waals surface area (Å²) in [5.74, 6) is 1.17. The molecule has 7 heteroatoms. The van der Waals surface area contributed by atoms with E-state index in [4.69, 9.17) is 4.74 Å². The van der Waals surface area contributed by atoms with E-state index in [1.807, 2.05) is 49.7 Å². The van der Waals surface area contributed by atoms with Crippen LogP contribution in [-0.2, 0) is 6.61 Å². The van der Waals surface area contributed by atoms with Crippen molar-refractivity contribution in [2.24, 2.45) is 4.99 Å². The van der Waals surface area contributed by atoms with Crippen LogP contribution in [0.2, 0.25) is 0 Å². The number of aromatic amines is 1. The van der Waals surface area contributed by atoms with Gasteiger partial charge >= 0.3 is 0 Å². The highest BCUT2D eigenvalue weighted by molar-refractivity contribution is 8.14. The number of fused-ring (bicyclic) bond motifs is 1. The van der Waals surface area contributed by atoms with Crippen LogP contribution >= 0.6 is 11.8 Å². The van der Waals surface area contributed by atoms with E-state index in [1.54, 1.807) is 23.9 Å². The van der Waals surface area contributed by atoms with Crippen LogP contribution in [0.4, 0.5) is 10.2 Å². The van der Waals surface area contributed by atoms with Gasteiger partial charge in [-0.15, -0.1) is 0 Å². The molecule has 0 bridgehead atoms. The van der Waals surface area contributed by atoms with Crippen LogP contribution in [0, 0.1) is 5.82 Å². The Labute approximate surface area is 172 Å². The number of H-pyrrole nitrogens is 1. The molecule has 0 amide bonds. The van der Waals surface area contributed by atoms with Gasteiger partial charge in [0.15, 0.2) is 5.82 Å². The number of halogens is 1. The minimum absolute atomic E-state index is 0.0981. The van der Waals surface area contributed by atoms with Gasteiger partial charge in [-0.05, 0) is 56.2 Å². The molecule has 0 fully saturated rings. The van der Waals surface area contributed by atoms with Crippen molar-refractivity contribution in [3.63, 3.8) is 0 Å². The van der Waals surface area contributed by atoms with E-state index in [-0.39, 0.29) is 22.7 Å². The van der Waals surface area contributed by atoms with Crippen LogP contribution in [0.1, 0.15) is 48.8 Å². The molecule has 0 aliphatic carbocycles. The second kappa shape index (κ2) is 7.91. The van der Waals surface area contributed by atoms with Gasteiger partial charge in [-0.1, -0.05) is 36.0 Å². The third-order valence-electron chi connectivity index (χ3n) is 4.77. The average Bonchev–Trinajstić information content (AvgIpc) is 3.04. The van der Waals surface area contributed by atoms with Crippen molar-refractivity contribution >= 4 is 22.6 Å². The summed E-state index contributed by atoms with van der Waals surface area (Å²) >= 11 is 1.58. The Hall–Kier alpha value is -2.80. The third kappa shape index (κ3) is 4.00. The van der Waals surface area contributed by atoms with E-state index in [0.29, 0.717) is 18.0 Å². The summed E-state index contributed by atoms with van der Waals surface area (Å²) in [4.78, 5) is 17.2. The van der Waals surface area contributed by atoms with Gasteiger partial charge in [0.25, 0.3) is 5.56 Å². The topological polar surface area (TPSA) is 59.4 Å². The van der Waals surface area contributed by atoms with E-state index in [9.17, 15) is 9.18 Å². The molecule has 2 heterocycles. The lowest BCUT2D eigenvalue weighted by atomic mass is 10.1. The quantitative estimate of drug-likeness (QED) is 0.615. The average molecular weight is 412 g/mol. The number of hydrogen-bond donors (Lipinski definition) is 1. The second-order valence-electron chi connectivity index (χ2n) is 7.25. The molecule has 29 heavy (non-hydrogen) atoms. The minimum atomic E-state index is -0.262. The van der Waals surface area contributed by atoms with Crippen LogP contribution in [0.3, 0.4) is 0 Å². The van der Waals surface area contributed by atoms with E-state index >= 15 is 0 Å². The SMILES string of the molecule is CC1=Nc2c(c(=O)[nH]n2C(C)C)[C@@H](c2ccc(OCc3ccc(F)cc3)cc2)S1. The van der Waals surface area contributed by atoms with Crippen LogP contribution in [0.25, 0.3) is 0 Å². The summed E-state index contributed by atoms with van der Waals surface area (Å²) in [5.41, 5.74) is 2.51. The summed E-state index contributed by atoms with van der Waals surface area (Å²) in [5, 5.41) is 3.73. The number of aromatic nitrogens is 2. The first kappa shape index (κ1) is 19.5. The molecule has 2 aromatic carbocycles. The number of rotatable bonds is 5. The van der Waals surface area contributed by atoms with Crippen LogP contribution in [-0.4, -0.2) is 14.8 Å². The van der Waals surface area contributed by atoms with Gasteiger partial charge in [-0.2, -0.15) is 0 Å². The molecule has 0 radical (unpaired) electrons. The zero-order valence-corrected chi connectivity index (χ0v) is 17.3. The lowest BCUT2D eigenvalue weighted by Crippen LogP contribution is -2.13. The van der Waals surface area contributed by atoms with Gasteiger partial charge in [-0.3, -0.25) is 14.6 Å². The van der Waals surface area contributed by atoms with Crippen LogP contribution in [0.5, 0.6) is 5.75 Å². The summed E-state index contributed by atoms with van der Waals surface area (Å²) in [6.07, 6.45) is 0. The Bertz CT molecular complexity index is 1100. The van der Waals surface area contributed by atoms with Gasteiger partial charge in [-0.25, -0.2) is 9.38 Å². The fraction of sp³-hybridized carbons (Fsp3) is 0.273. The normalized spacial score (nSPS) is 15.9. The Morgan fingerprint density at radius 2 is 1.86 bits per heavy atom. The number of aliphatic imine (C=N–C) groups is 1. The standard InChI is InChI=1S/C22H22FN3O2S/c1-13(2)26-21-19(22(27)25-26)20(29-14(3)24-21)16-6-10-18(11-7-16)28-12-15-4-8-17(23)9-5-15/h4-11,13,20H,12H2,1-3H3,(H,25,27)/t20-/m1/s1. The van der Waals surface area contributed by atoms with Crippen molar-refractivity contribution in [1.29, 1.82) is 0 Å². The van der Waals surface area contributed by atoms with E-state index in [1.165, 1.54) is 12.1 Å². The fourth-order valence-electron chi connectivity index (χ4n) is 3.30. The summed E-state index contributed by atoms with van der Waals surface area (Å²) < 4.78 is 20.6. The Morgan fingerprint density at radius 3 is 2.52 bits per heavy atom. The number of ether oxygens (including phenoxy) is 1. The number of benzene rings is 2. The highest BCUT2D eigenvalue weighted by Gasteiger charge is 2.30. The van der Waals surface area contributed by atoms with Crippen LogP contribution < -0.4 is 10.3 Å². The largest absolute Gasteiger partial charge is 0.489 e. The van der Waals surface area contributed by atoms with Crippen molar-refractivity contribution in [2.75, 3.05) is 0 Å². The van der Waals surface area contributed by atoms with Crippen molar-refractivity contribution in [3.05, 3.63) is 81.4 Å². The molecule has 5 nitrogen and oxygen atoms in total. The van der Waals surface area contributed by atoms with Crippen LogP contribution in [0.15, 0.2) is 58.3 Å². The first-order chi connectivity index (χ1) is 13.9. The first-order valence-electron chi connectivity index (χ1n) is 9.46. The van der Waals surface area contributed by atoms with Gasteiger partial charge in [0.05, 0.1) is 15.9 Å². The molecule has 1 aliphatic rings. The molecule has 150 valence electrons. The molecular weight excluding hydrogens is 389 g/mol. The predicted molar refractivity (Wildman–Crippen MR) is 115 cm³/mol. The van der Waals surface area contributed by atoms with E-state index in [2.05, 4.69) is 10.1 Å². The maximum absolute atomic E-state index is 13.0. The molecule has 4 rings (SSSR count). The Morgan fingerprint density at radius 1 is 1.17 bits per heavy atom. The maximum atomic E-state index is 13.0. The van der Waals surface area contributed by atoms with E-state index < -0.39 is 0 Å². The van der Waals surface area contributed by atoms with Crippen molar-refractivity contribution in [1.82, 2.24) is 9.78 Å². The van der Waals surface area contributed by atoms with E-state index in [0.717, 1.165) is 21.9 Å². The molecule has 1 atom stereocenters. The molecule has 0 spiro atoms. The predicted octanol–water partition coefficient (Wildman–Crippen LogP) is 5.36. The molecule has 3 aromatic rings. The lowest BCUT2D eigenvalue weighted by Gasteiger charge is -2.21. The molecular formula is C22H22FN3O2S. The smallest absolute Gasteiger partial charge is 0.271 e. The molecule has 1 N–H and O–H groups in total. The molecule has 0 saturated carbocycles. The first-order valence-corrected chi connectivity index (χ1v) is 10.3. The maximum Gasteiger partial charge on any atom is 0.271 e. The third-order valence-corrected chi connectivity index (χ3v) is 5.94. The van der Waals surface area contributed by atoms with Crippen molar-refractivity contribution in [3.8, 4) is 5.75 Å². The summed E-state index contributed by atoms with van der Waals surface area (Å²) in [7, 11) is 0. The van der Waals surface area contributed by atoms with Gasteiger partial charge in [0.2, 0.25) is 0 Å². The van der Waals surface area contributed by atoms with Crippen molar-refractivity contribution in [2.45, 2.75) is 38.7 Å². The molecule has 1 aliphatic heterocycles.